The molecule has 2 rings (SSSR count). The predicted molar refractivity (Wildman–Crippen MR) is 93.9 cm³/mol. The maximum Gasteiger partial charge on any atom is 0.225 e. The quantitative estimate of drug-likeness (QED) is 0.802. The standard InChI is InChI=1S/C18H24N4/c1-6-11-19-17-20-13(2)12-16(22-17)21-15-9-7-14(8-10-15)18(3,4)5/h6-10,12H,1,11H2,2-5H3,(H2,19,20,21,22). The van der Waals surface area contributed by atoms with Gasteiger partial charge in [-0.05, 0) is 30.0 Å². The van der Waals surface area contributed by atoms with Crippen molar-refractivity contribution in [2.24, 2.45) is 0 Å². The van der Waals surface area contributed by atoms with Crippen LogP contribution in [0, 0.1) is 6.92 Å². The molecule has 1 heterocycles. The fourth-order valence-corrected chi connectivity index (χ4v) is 2.08. The highest BCUT2D eigenvalue weighted by atomic mass is 15.1. The fraction of sp³-hybridized carbons (Fsp3) is 0.333. The minimum atomic E-state index is 0.159. The Morgan fingerprint density at radius 2 is 1.82 bits per heavy atom. The third kappa shape index (κ3) is 4.32. The molecule has 1 aromatic heterocycles. The Kier molecular flexibility index (Phi) is 4.81. The van der Waals surface area contributed by atoms with Gasteiger partial charge in [0, 0.05) is 24.0 Å². The molecule has 0 atom stereocenters. The van der Waals surface area contributed by atoms with Crippen LogP contribution in [0.15, 0.2) is 43.0 Å². The summed E-state index contributed by atoms with van der Waals surface area (Å²) in [5.41, 5.74) is 3.40. The maximum absolute atomic E-state index is 4.46. The van der Waals surface area contributed by atoms with Crippen LogP contribution in [0.3, 0.4) is 0 Å². The Labute approximate surface area is 132 Å². The number of hydrogen-bond donors (Lipinski definition) is 2. The molecule has 116 valence electrons. The zero-order valence-corrected chi connectivity index (χ0v) is 13.8. The van der Waals surface area contributed by atoms with Gasteiger partial charge >= 0.3 is 0 Å². The second-order valence-corrected chi connectivity index (χ2v) is 6.34. The molecule has 22 heavy (non-hydrogen) atoms. The summed E-state index contributed by atoms with van der Waals surface area (Å²) in [5, 5.41) is 6.43. The van der Waals surface area contributed by atoms with Crippen molar-refractivity contribution in [3.05, 3.63) is 54.2 Å². The molecule has 0 aliphatic rings. The first-order valence-electron chi connectivity index (χ1n) is 7.46. The Morgan fingerprint density at radius 1 is 1.14 bits per heavy atom. The molecule has 2 N–H and O–H groups in total. The number of benzene rings is 1. The van der Waals surface area contributed by atoms with Crippen molar-refractivity contribution in [1.82, 2.24) is 9.97 Å². The molecule has 0 aliphatic carbocycles. The molecule has 0 fully saturated rings. The van der Waals surface area contributed by atoms with Gasteiger partial charge in [0.1, 0.15) is 5.82 Å². The first-order valence-corrected chi connectivity index (χ1v) is 7.46. The minimum absolute atomic E-state index is 0.159. The molecule has 0 saturated carbocycles. The van der Waals surface area contributed by atoms with Crippen molar-refractivity contribution >= 4 is 17.5 Å². The summed E-state index contributed by atoms with van der Waals surface area (Å²) < 4.78 is 0. The molecule has 0 saturated heterocycles. The number of rotatable bonds is 5. The zero-order chi connectivity index (χ0) is 16.2. The number of aromatic nitrogens is 2. The summed E-state index contributed by atoms with van der Waals surface area (Å²) >= 11 is 0. The van der Waals surface area contributed by atoms with Gasteiger partial charge in [0.2, 0.25) is 5.95 Å². The molecule has 0 radical (unpaired) electrons. The third-order valence-electron chi connectivity index (χ3n) is 3.28. The Morgan fingerprint density at radius 3 is 2.41 bits per heavy atom. The first kappa shape index (κ1) is 16.0. The largest absolute Gasteiger partial charge is 0.351 e. The summed E-state index contributed by atoms with van der Waals surface area (Å²) in [6.45, 7) is 12.9. The zero-order valence-electron chi connectivity index (χ0n) is 13.8. The van der Waals surface area contributed by atoms with E-state index >= 15 is 0 Å². The van der Waals surface area contributed by atoms with Crippen molar-refractivity contribution in [3.63, 3.8) is 0 Å². The van der Waals surface area contributed by atoms with Crippen molar-refractivity contribution in [2.45, 2.75) is 33.1 Å². The predicted octanol–water partition coefficient (Wildman–Crippen LogP) is 4.42. The number of anilines is 3. The van der Waals surface area contributed by atoms with Crippen LogP contribution in [0.4, 0.5) is 17.5 Å². The van der Waals surface area contributed by atoms with Gasteiger partial charge < -0.3 is 10.6 Å². The summed E-state index contributed by atoms with van der Waals surface area (Å²) in [6, 6.07) is 10.4. The van der Waals surface area contributed by atoms with Gasteiger partial charge in [0.05, 0.1) is 0 Å². The van der Waals surface area contributed by atoms with E-state index in [0.29, 0.717) is 12.5 Å². The second kappa shape index (κ2) is 6.60. The van der Waals surface area contributed by atoms with E-state index in [1.54, 1.807) is 6.08 Å². The lowest BCUT2D eigenvalue weighted by molar-refractivity contribution is 0.590. The van der Waals surface area contributed by atoms with E-state index in [4.69, 9.17) is 0 Å². The number of hydrogen-bond acceptors (Lipinski definition) is 4. The van der Waals surface area contributed by atoms with E-state index in [0.717, 1.165) is 17.2 Å². The Hall–Kier alpha value is -2.36. The van der Waals surface area contributed by atoms with Crippen molar-refractivity contribution in [2.75, 3.05) is 17.2 Å². The maximum atomic E-state index is 4.46. The van der Waals surface area contributed by atoms with Crippen molar-refractivity contribution in [1.29, 1.82) is 0 Å². The smallest absolute Gasteiger partial charge is 0.225 e. The fourth-order valence-electron chi connectivity index (χ4n) is 2.08. The average Bonchev–Trinajstić information content (AvgIpc) is 2.44. The van der Waals surface area contributed by atoms with Gasteiger partial charge in [-0.1, -0.05) is 39.0 Å². The molecule has 0 bridgehead atoms. The highest BCUT2D eigenvalue weighted by Crippen LogP contribution is 2.24. The molecule has 0 aliphatic heterocycles. The number of aryl methyl sites for hydroxylation is 1. The van der Waals surface area contributed by atoms with E-state index in [-0.39, 0.29) is 5.41 Å². The van der Waals surface area contributed by atoms with Gasteiger partial charge in [0.15, 0.2) is 0 Å². The normalized spacial score (nSPS) is 11.1. The third-order valence-corrected chi connectivity index (χ3v) is 3.28. The van der Waals surface area contributed by atoms with Gasteiger partial charge in [-0.2, -0.15) is 4.98 Å². The molecule has 0 unspecified atom stereocenters. The monoisotopic (exact) mass is 296 g/mol. The molecule has 4 heteroatoms. The van der Waals surface area contributed by atoms with E-state index in [1.807, 2.05) is 13.0 Å². The first-order chi connectivity index (χ1) is 10.4. The number of nitrogens with zero attached hydrogens (tertiary/aromatic N) is 2. The van der Waals surface area contributed by atoms with Gasteiger partial charge in [0.25, 0.3) is 0 Å². The lowest BCUT2D eigenvalue weighted by atomic mass is 9.87. The van der Waals surface area contributed by atoms with Crippen LogP contribution in [-0.4, -0.2) is 16.5 Å². The van der Waals surface area contributed by atoms with Crippen molar-refractivity contribution < 1.29 is 0 Å². The molecule has 0 amide bonds. The van der Waals surface area contributed by atoms with Gasteiger partial charge in [-0.15, -0.1) is 6.58 Å². The molecule has 2 aromatic rings. The molecular formula is C18H24N4. The van der Waals surface area contributed by atoms with Crippen LogP contribution >= 0.6 is 0 Å². The molecule has 1 aromatic carbocycles. The summed E-state index contributed by atoms with van der Waals surface area (Å²) in [7, 11) is 0. The van der Waals surface area contributed by atoms with E-state index in [2.05, 4.69) is 72.2 Å². The number of nitrogens with one attached hydrogen (secondary N) is 2. The van der Waals surface area contributed by atoms with Crippen LogP contribution in [0.25, 0.3) is 0 Å². The summed E-state index contributed by atoms with van der Waals surface area (Å²) in [4.78, 5) is 8.81. The van der Waals surface area contributed by atoms with Crippen LogP contribution in [0.2, 0.25) is 0 Å². The lowest BCUT2D eigenvalue weighted by Gasteiger charge is -2.19. The highest BCUT2D eigenvalue weighted by Gasteiger charge is 2.12. The average molecular weight is 296 g/mol. The van der Waals surface area contributed by atoms with E-state index in [9.17, 15) is 0 Å². The van der Waals surface area contributed by atoms with E-state index < -0.39 is 0 Å². The van der Waals surface area contributed by atoms with Crippen LogP contribution in [0.1, 0.15) is 32.0 Å². The molecule has 0 spiro atoms. The Balaban J connectivity index is 2.16. The summed E-state index contributed by atoms with van der Waals surface area (Å²) in [5.74, 6) is 1.39. The van der Waals surface area contributed by atoms with Crippen LogP contribution < -0.4 is 10.6 Å². The lowest BCUT2D eigenvalue weighted by Crippen LogP contribution is -2.10. The van der Waals surface area contributed by atoms with Gasteiger partial charge in [-0.3, -0.25) is 0 Å². The SMILES string of the molecule is C=CCNc1nc(C)cc(Nc2ccc(C(C)(C)C)cc2)n1. The van der Waals surface area contributed by atoms with Crippen LogP contribution in [0.5, 0.6) is 0 Å². The van der Waals surface area contributed by atoms with Crippen LogP contribution in [-0.2, 0) is 5.41 Å². The molecular weight excluding hydrogens is 272 g/mol. The van der Waals surface area contributed by atoms with Gasteiger partial charge in [-0.25, -0.2) is 4.98 Å². The van der Waals surface area contributed by atoms with E-state index in [1.165, 1.54) is 5.56 Å². The molecule has 4 nitrogen and oxygen atoms in total. The topological polar surface area (TPSA) is 49.8 Å². The highest BCUT2D eigenvalue weighted by molar-refractivity contribution is 5.58. The second-order valence-electron chi connectivity index (χ2n) is 6.34. The minimum Gasteiger partial charge on any atom is -0.351 e. The summed E-state index contributed by atoms with van der Waals surface area (Å²) in [6.07, 6.45) is 1.78. The van der Waals surface area contributed by atoms with Crippen molar-refractivity contribution in [3.8, 4) is 0 Å². The Bertz CT molecular complexity index is 639.